The van der Waals surface area contributed by atoms with Crippen LogP contribution in [0.4, 0.5) is 10.2 Å². The monoisotopic (exact) mass is 359 g/mol. The van der Waals surface area contributed by atoms with Crippen molar-refractivity contribution in [3.63, 3.8) is 0 Å². The summed E-state index contributed by atoms with van der Waals surface area (Å²) in [6, 6.07) is 1.21. The molecule has 7 nitrogen and oxygen atoms in total. The lowest BCUT2D eigenvalue weighted by molar-refractivity contribution is -0.00399. The number of carbonyl (C=O) groups is 1. The summed E-state index contributed by atoms with van der Waals surface area (Å²) in [6.07, 6.45) is 3.48. The molecule has 3 atom stereocenters. The van der Waals surface area contributed by atoms with Gasteiger partial charge in [0.15, 0.2) is 11.6 Å². The molecule has 2 saturated carbocycles. The third kappa shape index (κ3) is 2.18. The number of aliphatic hydroxyl groups excluding tert-OH is 1. The Bertz CT molecular complexity index is 1000. The quantitative estimate of drug-likeness (QED) is 0.860. The lowest BCUT2D eigenvalue weighted by Crippen LogP contribution is -2.39. The topological polar surface area (TPSA) is 95.7 Å². The van der Waals surface area contributed by atoms with Gasteiger partial charge in [-0.1, -0.05) is 0 Å². The van der Waals surface area contributed by atoms with Crippen molar-refractivity contribution in [1.82, 2.24) is 9.55 Å². The summed E-state index contributed by atoms with van der Waals surface area (Å²) in [6.45, 7) is 1.18. The van der Waals surface area contributed by atoms with E-state index in [0.29, 0.717) is 24.7 Å². The van der Waals surface area contributed by atoms with Crippen molar-refractivity contribution in [3.8, 4) is 0 Å². The lowest BCUT2D eigenvalue weighted by Gasteiger charge is -2.34. The van der Waals surface area contributed by atoms with Crippen LogP contribution in [-0.4, -0.2) is 44.9 Å². The van der Waals surface area contributed by atoms with Gasteiger partial charge in [-0.2, -0.15) is 0 Å². The molecule has 2 aliphatic carbocycles. The van der Waals surface area contributed by atoms with Crippen molar-refractivity contribution < 1.29 is 19.4 Å². The molecule has 1 aliphatic heterocycles. The maximum Gasteiger partial charge on any atom is 0.341 e. The minimum atomic E-state index is -1.32. The Balaban J connectivity index is 1.67. The van der Waals surface area contributed by atoms with Crippen LogP contribution in [0.2, 0.25) is 0 Å². The summed E-state index contributed by atoms with van der Waals surface area (Å²) >= 11 is 0. The Morgan fingerprint density at radius 3 is 2.69 bits per heavy atom. The highest BCUT2D eigenvalue weighted by molar-refractivity contribution is 5.92. The van der Waals surface area contributed by atoms with Gasteiger partial charge in [-0.05, 0) is 31.2 Å². The van der Waals surface area contributed by atoms with Crippen LogP contribution >= 0.6 is 0 Å². The number of anilines is 1. The van der Waals surface area contributed by atoms with Gasteiger partial charge in [-0.3, -0.25) is 4.79 Å². The molecule has 2 N–H and O–H groups in total. The van der Waals surface area contributed by atoms with Crippen molar-refractivity contribution in [2.24, 2.45) is 11.8 Å². The molecule has 0 unspecified atom stereocenters. The number of rotatable bonds is 3. The minimum absolute atomic E-state index is 0.000235. The van der Waals surface area contributed by atoms with Gasteiger partial charge in [0.05, 0.1) is 11.5 Å². The molecule has 136 valence electrons. The number of carboxylic acids is 1. The van der Waals surface area contributed by atoms with Crippen LogP contribution in [0, 0.1) is 17.7 Å². The first-order chi connectivity index (χ1) is 12.4. The molecule has 3 aliphatic rings. The maximum atomic E-state index is 14.7. The number of carboxylic acid groups (broad SMARTS) is 1. The number of fused-ring (bicyclic) bond motifs is 2. The fourth-order valence-electron chi connectivity index (χ4n) is 4.29. The molecule has 8 heteroatoms. The molecule has 0 radical (unpaired) electrons. The highest BCUT2D eigenvalue weighted by atomic mass is 19.1. The van der Waals surface area contributed by atoms with E-state index in [9.17, 15) is 24.2 Å². The van der Waals surface area contributed by atoms with Crippen molar-refractivity contribution in [1.29, 1.82) is 0 Å². The first-order valence-electron chi connectivity index (χ1n) is 8.85. The fourth-order valence-corrected chi connectivity index (χ4v) is 4.29. The third-order valence-electron chi connectivity index (χ3n) is 5.94. The highest BCUT2D eigenvalue weighted by Crippen LogP contribution is 2.43. The number of hydrogen-bond donors (Lipinski definition) is 2. The van der Waals surface area contributed by atoms with Crippen LogP contribution in [0.15, 0.2) is 17.1 Å². The molecule has 0 spiro atoms. The average Bonchev–Trinajstić information content (AvgIpc) is 3.37. The Morgan fingerprint density at radius 2 is 2.08 bits per heavy atom. The summed E-state index contributed by atoms with van der Waals surface area (Å²) in [4.78, 5) is 30.1. The molecule has 3 fully saturated rings. The number of aliphatic hydroxyl groups is 1. The van der Waals surface area contributed by atoms with Gasteiger partial charge < -0.3 is 19.7 Å². The predicted octanol–water partition coefficient (Wildman–Crippen LogP) is 1.39. The lowest BCUT2D eigenvalue weighted by atomic mass is 9.74. The van der Waals surface area contributed by atoms with E-state index in [0.717, 1.165) is 25.3 Å². The zero-order valence-corrected chi connectivity index (χ0v) is 13.9. The molecule has 26 heavy (non-hydrogen) atoms. The molecule has 0 aromatic carbocycles. The third-order valence-corrected chi connectivity index (χ3v) is 5.94. The number of aromatic nitrogens is 2. The number of aromatic carboxylic acids is 1. The van der Waals surface area contributed by atoms with Crippen LogP contribution in [0.5, 0.6) is 0 Å². The average molecular weight is 359 g/mol. The molecule has 1 saturated heterocycles. The minimum Gasteiger partial charge on any atom is -0.477 e. The first-order valence-corrected chi connectivity index (χ1v) is 8.85. The SMILES string of the molecule is O=C(O)c1cn(C2CC2)c2nc(N3C[C@H]4C[C@@H](O)[C@H]4C3)c(F)cc2c1=O. The second-order valence-electron chi connectivity index (χ2n) is 7.61. The maximum absolute atomic E-state index is 14.7. The zero-order valence-electron chi connectivity index (χ0n) is 13.9. The number of nitrogens with zero attached hydrogens (tertiary/aromatic N) is 3. The Hall–Kier alpha value is -2.48. The zero-order chi connectivity index (χ0) is 18.2. The van der Waals surface area contributed by atoms with Gasteiger partial charge in [-0.15, -0.1) is 0 Å². The van der Waals surface area contributed by atoms with E-state index in [2.05, 4.69) is 4.98 Å². The van der Waals surface area contributed by atoms with Crippen LogP contribution in [-0.2, 0) is 0 Å². The summed E-state index contributed by atoms with van der Waals surface area (Å²) in [5, 5.41) is 19.1. The Kier molecular flexibility index (Phi) is 3.19. The van der Waals surface area contributed by atoms with Crippen molar-refractivity contribution in [2.45, 2.75) is 31.4 Å². The van der Waals surface area contributed by atoms with E-state index >= 15 is 0 Å². The van der Waals surface area contributed by atoms with E-state index in [4.69, 9.17) is 0 Å². The van der Waals surface area contributed by atoms with Crippen LogP contribution in [0.1, 0.15) is 35.7 Å². The molecule has 0 bridgehead atoms. The normalized spacial score (nSPS) is 27.5. The number of pyridine rings is 2. The molecular weight excluding hydrogens is 341 g/mol. The molecule has 2 aromatic rings. The van der Waals surface area contributed by atoms with Gasteiger partial charge in [0, 0.05) is 31.2 Å². The molecular formula is C18H18FN3O4. The van der Waals surface area contributed by atoms with Crippen LogP contribution < -0.4 is 10.3 Å². The summed E-state index contributed by atoms with van der Waals surface area (Å²) in [5.41, 5.74) is -0.737. The van der Waals surface area contributed by atoms with E-state index in [1.807, 2.05) is 4.90 Å². The van der Waals surface area contributed by atoms with E-state index in [1.54, 1.807) is 4.57 Å². The standard InChI is InChI=1S/C18H18FN3O4/c19-13-4-10-15(24)12(18(25)26)7-22(9-1-2-9)16(10)20-17(13)21-5-8-3-14(23)11(8)6-21/h4,7-9,11,14,23H,1-3,5-6H2,(H,25,26)/t8-,11+,14-/m1/s1. The highest BCUT2D eigenvalue weighted by Gasteiger charge is 2.47. The summed E-state index contributed by atoms with van der Waals surface area (Å²) < 4.78 is 16.4. The second kappa shape index (κ2) is 5.26. The predicted molar refractivity (Wildman–Crippen MR) is 91.0 cm³/mol. The summed E-state index contributed by atoms with van der Waals surface area (Å²) in [5.74, 6) is -1.28. The van der Waals surface area contributed by atoms with Crippen LogP contribution in [0.25, 0.3) is 11.0 Å². The largest absolute Gasteiger partial charge is 0.477 e. The first kappa shape index (κ1) is 15.7. The number of hydrogen-bond acceptors (Lipinski definition) is 5. The number of halogens is 1. The van der Waals surface area contributed by atoms with E-state index < -0.39 is 17.2 Å². The molecule has 3 heterocycles. The van der Waals surface area contributed by atoms with Crippen molar-refractivity contribution in [3.05, 3.63) is 33.9 Å². The fraction of sp³-hybridized carbons (Fsp3) is 0.500. The van der Waals surface area contributed by atoms with Crippen molar-refractivity contribution >= 4 is 22.8 Å². The smallest absolute Gasteiger partial charge is 0.341 e. The summed E-state index contributed by atoms with van der Waals surface area (Å²) in [7, 11) is 0. The van der Waals surface area contributed by atoms with Gasteiger partial charge in [0.1, 0.15) is 11.2 Å². The Morgan fingerprint density at radius 1 is 1.31 bits per heavy atom. The van der Waals surface area contributed by atoms with E-state index in [1.165, 1.54) is 6.20 Å². The van der Waals surface area contributed by atoms with Gasteiger partial charge in [-0.25, -0.2) is 14.2 Å². The van der Waals surface area contributed by atoms with Crippen molar-refractivity contribution in [2.75, 3.05) is 18.0 Å². The van der Waals surface area contributed by atoms with Gasteiger partial charge in [0.25, 0.3) is 0 Å². The molecule has 5 rings (SSSR count). The van der Waals surface area contributed by atoms with E-state index in [-0.39, 0.29) is 34.8 Å². The Labute approximate surface area is 147 Å². The second-order valence-corrected chi connectivity index (χ2v) is 7.61. The van der Waals surface area contributed by atoms with Gasteiger partial charge in [0.2, 0.25) is 5.43 Å². The molecule has 2 aromatic heterocycles. The van der Waals surface area contributed by atoms with Crippen LogP contribution in [0.3, 0.4) is 0 Å². The molecule has 0 amide bonds. The van der Waals surface area contributed by atoms with Gasteiger partial charge >= 0.3 is 5.97 Å².